The van der Waals surface area contributed by atoms with Crippen molar-refractivity contribution in [1.29, 1.82) is 0 Å². The number of hydrogen-bond donors (Lipinski definition) is 0. The van der Waals surface area contributed by atoms with Gasteiger partial charge in [-0.1, -0.05) is 0 Å². The molecular weight excluding hydrogens is 288 g/mol. The van der Waals surface area contributed by atoms with E-state index in [4.69, 9.17) is 18.4 Å². The fourth-order valence-electron chi connectivity index (χ4n) is 2.56. The van der Waals surface area contributed by atoms with Gasteiger partial charge in [-0.15, -0.1) is 0 Å². The van der Waals surface area contributed by atoms with Gasteiger partial charge < -0.3 is 14.2 Å². The van der Waals surface area contributed by atoms with Crippen LogP contribution in [0.5, 0.6) is 0 Å². The second-order valence-electron chi connectivity index (χ2n) is 5.72. The summed E-state index contributed by atoms with van der Waals surface area (Å²) < 4.78 is 44.6. The van der Waals surface area contributed by atoms with Crippen LogP contribution in [0.15, 0.2) is 0 Å². The van der Waals surface area contributed by atoms with Crippen molar-refractivity contribution >= 4 is 16.1 Å². The van der Waals surface area contributed by atoms with Crippen LogP contribution in [0.3, 0.4) is 0 Å². The van der Waals surface area contributed by atoms with Crippen LogP contribution in [-0.2, 0) is 33.3 Å². The van der Waals surface area contributed by atoms with Crippen molar-refractivity contribution in [2.24, 2.45) is 5.41 Å². The van der Waals surface area contributed by atoms with Gasteiger partial charge in [-0.3, -0.25) is 8.98 Å². The molecule has 0 spiro atoms. The Hall–Kier alpha value is -0.700. The first-order chi connectivity index (χ1) is 9.10. The summed E-state index contributed by atoms with van der Waals surface area (Å²) in [7, 11) is -3.78. The maximum atomic E-state index is 12.1. The molecule has 0 unspecified atom stereocenters. The van der Waals surface area contributed by atoms with Gasteiger partial charge in [0.15, 0.2) is 5.79 Å². The minimum absolute atomic E-state index is 0.169. The Bertz CT molecular complexity index is 498. The minimum Gasteiger partial charge on any atom is -0.465 e. The predicted molar refractivity (Wildman–Crippen MR) is 68.3 cm³/mol. The molecule has 2 saturated heterocycles. The van der Waals surface area contributed by atoms with E-state index in [1.54, 1.807) is 20.8 Å². The van der Waals surface area contributed by atoms with Crippen LogP contribution >= 0.6 is 0 Å². The Morgan fingerprint density at radius 1 is 1.35 bits per heavy atom. The smallest absolute Gasteiger partial charge is 0.315 e. The molecule has 0 amide bonds. The molecule has 0 radical (unpaired) electrons. The topological polar surface area (TPSA) is 88.1 Å². The van der Waals surface area contributed by atoms with Gasteiger partial charge in [0.1, 0.15) is 17.6 Å². The Labute approximate surface area is 118 Å². The molecule has 2 heterocycles. The van der Waals surface area contributed by atoms with Gasteiger partial charge in [0.05, 0.1) is 19.0 Å². The molecule has 0 aromatic carbocycles. The van der Waals surface area contributed by atoms with E-state index >= 15 is 0 Å². The largest absolute Gasteiger partial charge is 0.465 e. The van der Waals surface area contributed by atoms with Crippen LogP contribution in [0.4, 0.5) is 0 Å². The van der Waals surface area contributed by atoms with Crippen molar-refractivity contribution in [2.75, 3.05) is 19.0 Å². The maximum Gasteiger partial charge on any atom is 0.315 e. The van der Waals surface area contributed by atoms with Gasteiger partial charge in [-0.25, -0.2) is 0 Å². The third kappa shape index (κ3) is 2.83. The molecule has 0 N–H and O–H groups in total. The van der Waals surface area contributed by atoms with E-state index in [0.29, 0.717) is 0 Å². The van der Waals surface area contributed by atoms with E-state index in [0.717, 1.165) is 0 Å². The lowest BCUT2D eigenvalue weighted by atomic mass is 9.83. The van der Waals surface area contributed by atoms with E-state index in [1.807, 2.05) is 0 Å². The first-order valence-corrected chi connectivity index (χ1v) is 8.07. The molecule has 2 rings (SSSR count). The summed E-state index contributed by atoms with van der Waals surface area (Å²) in [5.74, 6) is -1.83. The summed E-state index contributed by atoms with van der Waals surface area (Å²) >= 11 is 0. The monoisotopic (exact) mass is 308 g/mol. The maximum absolute atomic E-state index is 12.1. The van der Waals surface area contributed by atoms with Gasteiger partial charge in [0, 0.05) is 0 Å². The molecule has 2 fully saturated rings. The van der Waals surface area contributed by atoms with E-state index in [9.17, 15) is 13.2 Å². The highest BCUT2D eigenvalue weighted by Gasteiger charge is 2.59. The molecule has 8 heteroatoms. The second kappa shape index (κ2) is 4.94. The van der Waals surface area contributed by atoms with Crippen LogP contribution < -0.4 is 0 Å². The predicted octanol–water partition coefficient (Wildman–Crippen LogP) is 0.436. The number of hydrogen-bond acceptors (Lipinski definition) is 7. The zero-order valence-electron chi connectivity index (χ0n) is 12.0. The second-order valence-corrected chi connectivity index (χ2v) is 7.32. The first-order valence-electron chi connectivity index (χ1n) is 6.49. The van der Waals surface area contributed by atoms with Crippen LogP contribution in [0.25, 0.3) is 0 Å². The molecule has 0 aromatic rings. The number of rotatable bonds is 3. The van der Waals surface area contributed by atoms with E-state index in [1.165, 1.54) is 6.92 Å². The molecule has 0 aliphatic carbocycles. The van der Waals surface area contributed by atoms with Crippen LogP contribution in [0.2, 0.25) is 0 Å². The number of ether oxygens (including phenoxy) is 3. The summed E-state index contributed by atoms with van der Waals surface area (Å²) in [6.45, 7) is 6.97. The average Bonchev–Trinajstić information content (AvgIpc) is 2.77. The number of carbonyl (C=O) groups is 1. The molecule has 20 heavy (non-hydrogen) atoms. The normalized spacial score (nSPS) is 38.8. The fourth-order valence-corrected chi connectivity index (χ4v) is 4.29. The molecule has 0 saturated carbocycles. The summed E-state index contributed by atoms with van der Waals surface area (Å²) in [5, 5.41) is 0. The number of esters is 1. The van der Waals surface area contributed by atoms with Crippen molar-refractivity contribution in [3.8, 4) is 0 Å². The molecule has 3 atom stereocenters. The highest BCUT2D eigenvalue weighted by molar-refractivity contribution is 7.87. The Kier molecular flexibility index (Phi) is 3.87. The zero-order chi connectivity index (χ0) is 15.2. The van der Waals surface area contributed by atoms with Gasteiger partial charge in [0.2, 0.25) is 0 Å². The van der Waals surface area contributed by atoms with Crippen molar-refractivity contribution in [2.45, 2.75) is 45.7 Å². The molecule has 116 valence electrons. The first kappa shape index (κ1) is 15.7. The lowest BCUT2D eigenvalue weighted by Gasteiger charge is -2.29. The van der Waals surface area contributed by atoms with Gasteiger partial charge in [0.25, 0.3) is 10.1 Å². The quantitative estimate of drug-likeness (QED) is 0.552. The summed E-state index contributed by atoms with van der Waals surface area (Å²) in [6, 6.07) is 0. The van der Waals surface area contributed by atoms with Gasteiger partial charge >= 0.3 is 5.97 Å². The third-order valence-electron chi connectivity index (χ3n) is 3.46. The lowest BCUT2D eigenvalue weighted by molar-refractivity contribution is -0.171. The highest BCUT2D eigenvalue weighted by Crippen LogP contribution is 2.41. The molecule has 7 nitrogen and oxygen atoms in total. The Morgan fingerprint density at radius 2 is 2.00 bits per heavy atom. The van der Waals surface area contributed by atoms with Gasteiger partial charge in [-0.2, -0.15) is 8.42 Å². The van der Waals surface area contributed by atoms with E-state index in [2.05, 4.69) is 0 Å². The number of carbonyl (C=O) groups excluding carboxylic acids is 1. The fraction of sp³-hybridized carbons (Fsp3) is 0.917. The Balaban J connectivity index is 2.27. The zero-order valence-corrected chi connectivity index (χ0v) is 12.9. The molecular formula is C12H20O7S. The van der Waals surface area contributed by atoms with Crippen LogP contribution in [-0.4, -0.2) is 51.3 Å². The molecule has 2 aliphatic rings. The van der Waals surface area contributed by atoms with E-state index < -0.39 is 45.3 Å². The average molecular weight is 308 g/mol. The van der Waals surface area contributed by atoms with Crippen LogP contribution in [0, 0.1) is 5.41 Å². The van der Waals surface area contributed by atoms with Crippen molar-refractivity contribution in [3.63, 3.8) is 0 Å². The molecule has 2 aliphatic heterocycles. The molecule has 0 bridgehead atoms. The SMILES string of the molecule is CCOC(=O)[C@@]1(C)CS(=O)(=O)O[C@@H]1[C@H]1COC(C)(C)O1. The van der Waals surface area contributed by atoms with Crippen molar-refractivity contribution in [3.05, 3.63) is 0 Å². The Morgan fingerprint density at radius 3 is 2.50 bits per heavy atom. The summed E-state index contributed by atoms with van der Waals surface area (Å²) in [6.07, 6.45) is -1.56. The van der Waals surface area contributed by atoms with Gasteiger partial charge in [-0.05, 0) is 27.7 Å². The van der Waals surface area contributed by atoms with E-state index in [-0.39, 0.29) is 13.2 Å². The summed E-state index contributed by atoms with van der Waals surface area (Å²) in [4.78, 5) is 12.1. The highest BCUT2D eigenvalue weighted by atomic mass is 32.2. The van der Waals surface area contributed by atoms with Crippen molar-refractivity contribution in [1.82, 2.24) is 0 Å². The summed E-state index contributed by atoms with van der Waals surface area (Å²) in [5.41, 5.74) is -1.29. The van der Waals surface area contributed by atoms with Crippen molar-refractivity contribution < 1.29 is 31.6 Å². The standard InChI is InChI=1S/C12H20O7S/c1-5-16-10(13)12(4)7-20(14,15)19-9(12)8-6-17-11(2,3)18-8/h8-9H,5-7H2,1-4H3/t8-,9-,12+/m1/s1. The van der Waals surface area contributed by atoms with Crippen LogP contribution in [0.1, 0.15) is 27.7 Å². The molecule has 0 aromatic heterocycles. The third-order valence-corrected chi connectivity index (χ3v) is 4.92. The lowest BCUT2D eigenvalue weighted by Crippen LogP contribution is -2.47. The minimum atomic E-state index is -3.78.